The summed E-state index contributed by atoms with van der Waals surface area (Å²) in [5, 5.41) is 0. The number of halogens is 1. The molecule has 0 aliphatic carbocycles. The molecule has 3 nitrogen and oxygen atoms in total. The van der Waals surface area contributed by atoms with Crippen LogP contribution in [0.2, 0.25) is 0 Å². The van der Waals surface area contributed by atoms with Crippen LogP contribution in [0.5, 0.6) is 5.75 Å². The van der Waals surface area contributed by atoms with Crippen LogP contribution in [-0.4, -0.2) is 13.2 Å². The Balaban J connectivity index is 1.94. The second-order valence-electron chi connectivity index (χ2n) is 3.71. The summed E-state index contributed by atoms with van der Waals surface area (Å²) in [6, 6.07) is 11.5. The van der Waals surface area contributed by atoms with Crippen molar-refractivity contribution in [1.82, 2.24) is 0 Å². The highest BCUT2D eigenvalue weighted by Crippen LogP contribution is 2.20. The minimum atomic E-state index is 0.0913. The Bertz CT molecular complexity index is 439. The molecule has 4 heteroatoms. The smallest absolute Gasteiger partial charge is 0.119 e. The molecule has 0 saturated heterocycles. The van der Waals surface area contributed by atoms with Gasteiger partial charge in [-0.15, -0.1) is 0 Å². The zero-order valence-corrected chi connectivity index (χ0v) is 10.9. The Labute approximate surface area is 109 Å². The fraction of sp³-hybridized carbons (Fsp3) is 0.231. The Morgan fingerprint density at radius 3 is 2.59 bits per heavy atom. The van der Waals surface area contributed by atoms with E-state index >= 15 is 0 Å². The third-order valence-corrected chi connectivity index (χ3v) is 3.02. The van der Waals surface area contributed by atoms with E-state index in [4.69, 9.17) is 14.9 Å². The Kier molecular flexibility index (Phi) is 4.23. The molecule has 1 unspecified atom stereocenters. The van der Waals surface area contributed by atoms with E-state index in [0.717, 1.165) is 16.0 Å². The van der Waals surface area contributed by atoms with Crippen molar-refractivity contribution in [3.8, 4) is 5.75 Å². The summed E-state index contributed by atoms with van der Waals surface area (Å²) >= 11 is 3.38. The number of nitrogens with two attached hydrogens (primary N) is 1. The number of furan rings is 1. The lowest BCUT2D eigenvalue weighted by molar-refractivity contribution is 0.272. The van der Waals surface area contributed by atoms with Crippen molar-refractivity contribution in [3.63, 3.8) is 0 Å². The third-order valence-electron chi connectivity index (χ3n) is 2.49. The molecule has 1 aromatic heterocycles. The SMILES string of the molecule is NCC(COc1ccc(Br)cc1)c1ccco1. The summed E-state index contributed by atoms with van der Waals surface area (Å²) < 4.78 is 12.0. The molecule has 1 heterocycles. The van der Waals surface area contributed by atoms with Gasteiger partial charge in [0.15, 0.2) is 0 Å². The number of rotatable bonds is 5. The molecule has 2 aromatic rings. The van der Waals surface area contributed by atoms with Crippen LogP contribution < -0.4 is 10.5 Å². The fourth-order valence-electron chi connectivity index (χ4n) is 1.52. The minimum Gasteiger partial charge on any atom is -0.493 e. The standard InChI is InChI=1S/C13H14BrNO2/c14-11-3-5-12(6-4-11)17-9-10(8-15)13-2-1-7-16-13/h1-7,10H,8-9,15H2. The first-order valence-electron chi connectivity index (χ1n) is 5.41. The zero-order chi connectivity index (χ0) is 12.1. The normalized spacial score (nSPS) is 12.4. The highest BCUT2D eigenvalue weighted by Gasteiger charge is 2.13. The highest BCUT2D eigenvalue weighted by atomic mass is 79.9. The lowest BCUT2D eigenvalue weighted by Crippen LogP contribution is -2.19. The van der Waals surface area contributed by atoms with Crippen molar-refractivity contribution in [3.05, 3.63) is 52.9 Å². The molecule has 1 aromatic carbocycles. The highest BCUT2D eigenvalue weighted by molar-refractivity contribution is 9.10. The molecule has 0 bridgehead atoms. The van der Waals surface area contributed by atoms with Crippen LogP contribution in [0, 0.1) is 0 Å². The summed E-state index contributed by atoms with van der Waals surface area (Å²) in [7, 11) is 0. The van der Waals surface area contributed by atoms with Crippen molar-refractivity contribution >= 4 is 15.9 Å². The van der Waals surface area contributed by atoms with E-state index in [1.54, 1.807) is 6.26 Å². The molecule has 0 amide bonds. The van der Waals surface area contributed by atoms with Gasteiger partial charge in [-0.2, -0.15) is 0 Å². The quantitative estimate of drug-likeness (QED) is 0.922. The van der Waals surface area contributed by atoms with E-state index < -0.39 is 0 Å². The first kappa shape index (κ1) is 12.2. The summed E-state index contributed by atoms with van der Waals surface area (Å²) in [6.45, 7) is 1.02. The van der Waals surface area contributed by atoms with Gasteiger partial charge in [0.2, 0.25) is 0 Å². The summed E-state index contributed by atoms with van der Waals surface area (Å²) in [4.78, 5) is 0. The zero-order valence-electron chi connectivity index (χ0n) is 9.30. The van der Waals surface area contributed by atoms with E-state index in [2.05, 4.69) is 15.9 Å². The predicted octanol–water partition coefficient (Wildman–Crippen LogP) is 3.16. The fourth-order valence-corrected chi connectivity index (χ4v) is 1.78. The molecule has 0 saturated carbocycles. The van der Waals surface area contributed by atoms with Crippen LogP contribution in [0.15, 0.2) is 51.6 Å². The van der Waals surface area contributed by atoms with E-state index in [-0.39, 0.29) is 5.92 Å². The molecule has 1 atom stereocenters. The molecule has 0 aliphatic rings. The van der Waals surface area contributed by atoms with E-state index in [0.29, 0.717) is 13.2 Å². The molecular formula is C13H14BrNO2. The maximum atomic E-state index is 5.70. The molecule has 2 N–H and O–H groups in total. The Morgan fingerprint density at radius 2 is 2.00 bits per heavy atom. The van der Waals surface area contributed by atoms with Crippen LogP contribution in [0.1, 0.15) is 11.7 Å². The molecule has 17 heavy (non-hydrogen) atoms. The van der Waals surface area contributed by atoms with Gasteiger partial charge in [0, 0.05) is 11.0 Å². The van der Waals surface area contributed by atoms with Gasteiger partial charge < -0.3 is 14.9 Å². The van der Waals surface area contributed by atoms with E-state index in [1.807, 2.05) is 36.4 Å². The van der Waals surface area contributed by atoms with Gasteiger partial charge in [0.25, 0.3) is 0 Å². The van der Waals surface area contributed by atoms with Crippen LogP contribution in [0.25, 0.3) is 0 Å². The van der Waals surface area contributed by atoms with Crippen LogP contribution in [0.4, 0.5) is 0 Å². The first-order chi connectivity index (χ1) is 8.29. The maximum absolute atomic E-state index is 5.70. The first-order valence-corrected chi connectivity index (χ1v) is 6.20. The largest absolute Gasteiger partial charge is 0.493 e. The minimum absolute atomic E-state index is 0.0913. The summed E-state index contributed by atoms with van der Waals surface area (Å²) in [5.41, 5.74) is 5.70. The lowest BCUT2D eigenvalue weighted by atomic mass is 10.1. The van der Waals surface area contributed by atoms with Gasteiger partial charge in [0.1, 0.15) is 11.5 Å². The number of benzene rings is 1. The molecule has 0 radical (unpaired) electrons. The van der Waals surface area contributed by atoms with Crippen molar-refractivity contribution in [2.24, 2.45) is 5.73 Å². The monoisotopic (exact) mass is 295 g/mol. The van der Waals surface area contributed by atoms with E-state index in [1.165, 1.54) is 0 Å². The lowest BCUT2D eigenvalue weighted by Gasteiger charge is -2.13. The summed E-state index contributed by atoms with van der Waals surface area (Å²) in [5.74, 6) is 1.79. The number of hydrogen-bond donors (Lipinski definition) is 1. The van der Waals surface area contributed by atoms with Crippen molar-refractivity contribution in [2.75, 3.05) is 13.2 Å². The van der Waals surface area contributed by atoms with Crippen LogP contribution in [-0.2, 0) is 0 Å². The number of ether oxygens (including phenoxy) is 1. The molecule has 90 valence electrons. The van der Waals surface area contributed by atoms with Gasteiger partial charge >= 0.3 is 0 Å². The Hall–Kier alpha value is -1.26. The van der Waals surface area contributed by atoms with Crippen LogP contribution in [0.3, 0.4) is 0 Å². The maximum Gasteiger partial charge on any atom is 0.119 e. The molecule has 0 spiro atoms. The third kappa shape index (κ3) is 3.35. The van der Waals surface area contributed by atoms with Crippen molar-refractivity contribution in [1.29, 1.82) is 0 Å². The van der Waals surface area contributed by atoms with Gasteiger partial charge in [-0.25, -0.2) is 0 Å². The number of hydrogen-bond acceptors (Lipinski definition) is 3. The van der Waals surface area contributed by atoms with Crippen molar-refractivity contribution < 1.29 is 9.15 Å². The van der Waals surface area contributed by atoms with Gasteiger partial charge in [-0.1, -0.05) is 15.9 Å². The predicted molar refractivity (Wildman–Crippen MR) is 70.1 cm³/mol. The molecular weight excluding hydrogens is 282 g/mol. The molecule has 0 fully saturated rings. The van der Waals surface area contributed by atoms with Gasteiger partial charge in [-0.3, -0.25) is 0 Å². The topological polar surface area (TPSA) is 48.4 Å². The second kappa shape index (κ2) is 5.89. The average molecular weight is 296 g/mol. The summed E-state index contributed by atoms with van der Waals surface area (Å²) in [6.07, 6.45) is 1.65. The molecule has 0 aliphatic heterocycles. The van der Waals surface area contributed by atoms with Gasteiger partial charge in [-0.05, 0) is 36.4 Å². The Morgan fingerprint density at radius 1 is 1.24 bits per heavy atom. The van der Waals surface area contributed by atoms with Gasteiger partial charge in [0.05, 0.1) is 18.8 Å². The average Bonchev–Trinajstić information content (AvgIpc) is 2.86. The molecule has 2 rings (SSSR count). The second-order valence-corrected chi connectivity index (χ2v) is 4.63. The van der Waals surface area contributed by atoms with E-state index in [9.17, 15) is 0 Å². The van der Waals surface area contributed by atoms with Crippen LogP contribution >= 0.6 is 15.9 Å². The van der Waals surface area contributed by atoms with Crippen molar-refractivity contribution in [2.45, 2.75) is 5.92 Å².